The second-order valence-electron chi connectivity index (χ2n) is 6.25. The number of hydrogen-bond acceptors (Lipinski definition) is 5. The summed E-state index contributed by atoms with van der Waals surface area (Å²) < 4.78 is 18.7. The molecule has 0 atom stereocenters. The standard InChI is InChI=1S/C17H17Cl2FN4O3/c1-9-11(10(2)27-22-9)8-14(25)23-3-5-24(6-4-23)17(26)12-7-13(20)16(19)21-15(12)18/h7H,3-6,8H2,1-2H3. The van der Waals surface area contributed by atoms with Gasteiger partial charge >= 0.3 is 0 Å². The zero-order valence-corrected chi connectivity index (χ0v) is 16.3. The second kappa shape index (κ2) is 7.82. The number of carbonyl (C=O) groups is 2. The predicted molar refractivity (Wildman–Crippen MR) is 96.4 cm³/mol. The fraction of sp³-hybridized carbons (Fsp3) is 0.412. The molecule has 0 unspecified atom stereocenters. The average Bonchev–Trinajstić information content (AvgIpc) is 2.96. The molecule has 1 aliphatic rings. The SMILES string of the molecule is Cc1noc(C)c1CC(=O)N1CCN(C(=O)c2cc(F)c(Cl)nc2Cl)CC1. The fourth-order valence-electron chi connectivity index (χ4n) is 2.94. The van der Waals surface area contributed by atoms with Crippen molar-refractivity contribution < 1.29 is 18.5 Å². The molecular formula is C17H17Cl2FN4O3. The van der Waals surface area contributed by atoms with Gasteiger partial charge in [-0.15, -0.1) is 0 Å². The lowest BCUT2D eigenvalue weighted by molar-refractivity contribution is -0.131. The third-order valence-corrected chi connectivity index (χ3v) is 5.10. The molecule has 2 aromatic heterocycles. The van der Waals surface area contributed by atoms with E-state index in [1.165, 1.54) is 4.90 Å². The molecule has 10 heteroatoms. The van der Waals surface area contributed by atoms with E-state index < -0.39 is 11.7 Å². The van der Waals surface area contributed by atoms with Gasteiger partial charge in [-0.2, -0.15) is 0 Å². The summed E-state index contributed by atoms with van der Waals surface area (Å²) in [6, 6.07) is 0.981. The van der Waals surface area contributed by atoms with E-state index >= 15 is 0 Å². The maximum Gasteiger partial charge on any atom is 0.257 e. The lowest BCUT2D eigenvalue weighted by atomic mass is 10.1. The van der Waals surface area contributed by atoms with Crippen LogP contribution in [0.1, 0.15) is 27.4 Å². The van der Waals surface area contributed by atoms with Gasteiger partial charge < -0.3 is 14.3 Å². The van der Waals surface area contributed by atoms with Crippen molar-refractivity contribution in [1.29, 1.82) is 0 Å². The molecule has 0 radical (unpaired) electrons. The van der Waals surface area contributed by atoms with Crippen molar-refractivity contribution >= 4 is 35.0 Å². The van der Waals surface area contributed by atoms with Gasteiger partial charge in [-0.25, -0.2) is 9.37 Å². The van der Waals surface area contributed by atoms with Gasteiger partial charge in [0.15, 0.2) is 11.0 Å². The number of hydrogen-bond donors (Lipinski definition) is 0. The van der Waals surface area contributed by atoms with E-state index in [4.69, 9.17) is 27.7 Å². The number of aromatic nitrogens is 2. The van der Waals surface area contributed by atoms with Gasteiger partial charge in [-0.3, -0.25) is 9.59 Å². The van der Waals surface area contributed by atoms with Gasteiger partial charge in [0, 0.05) is 31.7 Å². The van der Waals surface area contributed by atoms with Crippen LogP contribution < -0.4 is 0 Å². The van der Waals surface area contributed by atoms with E-state index in [9.17, 15) is 14.0 Å². The Hall–Kier alpha value is -2.19. The maximum absolute atomic E-state index is 13.6. The molecular weight excluding hydrogens is 398 g/mol. The van der Waals surface area contributed by atoms with Gasteiger partial charge in [0.05, 0.1) is 17.7 Å². The van der Waals surface area contributed by atoms with Crippen molar-refractivity contribution in [3.8, 4) is 0 Å². The minimum atomic E-state index is -0.808. The first-order chi connectivity index (χ1) is 12.8. The van der Waals surface area contributed by atoms with Crippen LogP contribution in [0.25, 0.3) is 0 Å². The van der Waals surface area contributed by atoms with E-state index in [-0.39, 0.29) is 28.2 Å². The molecule has 0 spiro atoms. The molecule has 1 aliphatic heterocycles. The Bertz CT molecular complexity index is 875. The van der Waals surface area contributed by atoms with E-state index in [0.717, 1.165) is 11.6 Å². The Balaban J connectivity index is 1.62. The van der Waals surface area contributed by atoms with E-state index in [1.807, 2.05) is 0 Å². The van der Waals surface area contributed by atoms with Crippen LogP contribution in [0.2, 0.25) is 10.3 Å². The zero-order valence-electron chi connectivity index (χ0n) is 14.8. The van der Waals surface area contributed by atoms with Crippen LogP contribution in [0.15, 0.2) is 10.6 Å². The zero-order chi connectivity index (χ0) is 19.7. The monoisotopic (exact) mass is 414 g/mol. The van der Waals surface area contributed by atoms with Crippen molar-refractivity contribution in [2.24, 2.45) is 0 Å². The summed E-state index contributed by atoms with van der Waals surface area (Å²) in [5, 5.41) is 3.31. The topological polar surface area (TPSA) is 79.5 Å². The first kappa shape index (κ1) is 19.6. The Morgan fingerprint density at radius 1 is 1.15 bits per heavy atom. The Morgan fingerprint density at radius 2 is 1.78 bits per heavy atom. The van der Waals surface area contributed by atoms with Crippen LogP contribution in [0, 0.1) is 19.7 Å². The first-order valence-corrected chi connectivity index (χ1v) is 9.04. The summed E-state index contributed by atoms with van der Waals surface area (Å²) in [6.45, 7) is 4.92. The second-order valence-corrected chi connectivity index (χ2v) is 6.97. The van der Waals surface area contributed by atoms with Gasteiger partial charge in [0.25, 0.3) is 5.91 Å². The Kier molecular flexibility index (Phi) is 5.67. The van der Waals surface area contributed by atoms with Crippen LogP contribution in [-0.4, -0.2) is 57.9 Å². The summed E-state index contributed by atoms with van der Waals surface area (Å²) in [5.41, 5.74) is 1.43. The number of halogens is 3. The highest BCUT2D eigenvalue weighted by molar-refractivity contribution is 6.34. The van der Waals surface area contributed by atoms with Crippen LogP contribution in [-0.2, 0) is 11.2 Å². The summed E-state index contributed by atoms with van der Waals surface area (Å²) >= 11 is 11.5. The van der Waals surface area contributed by atoms with Crippen molar-refractivity contribution in [3.63, 3.8) is 0 Å². The molecule has 2 aromatic rings. The minimum absolute atomic E-state index is 0.0472. The van der Waals surface area contributed by atoms with E-state index in [1.54, 1.807) is 18.7 Å². The smallest absolute Gasteiger partial charge is 0.257 e. The van der Waals surface area contributed by atoms with E-state index in [2.05, 4.69) is 10.1 Å². The predicted octanol–water partition coefficient (Wildman–Crippen LogP) is 2.66. The lowest BCUT2D eigenvalue weighted by Gasteiger charge is -2.35. The molecule has 1 fully saturated rings. The largest absolute Gasteiger partial charge is 0.361 e. The number of amides is 2. The highest BCUT2D eigenvalue weighted by atomic mass is 35.5. The number of aryl methyl sites for hydroxylation is 2. The van der Waals surface area contributed by atoms with Crippen LogP contribution in [0.3, 0.4) is 0 Å². The molecule has 1 saturated heterocycles. The first-order valence-electron chi connectivity index (χ1n) is 8.28. The number of nitrogens with zero attached hydrogens (tertiary/aromatic N) is 4. The van der Waals surface area contributed by atoms with Crippen LogP contribution in [0.4, 0.5) is 4.39 Å². The number of rotatable bonds is 3. The highest BCUT2D eigenvalue weighted by Crippen LogP contribution is 2.22. The van der Waals surface area contributed by atoms with Crippen molar-refractivity contribution in [3.05, 3.63) is 44.8 Å². The number of carbonyl (C=O) groups excluding carboxylic acids is 2. The van der Waals surface area contributed by atoms with Crippen LogP contribution in [0.5, 0.6) is 0 Å². The maximum atomic E-state index is 13.6. The molecule has 0 bridgehead atoms. The number of piperazine rings is 1. The summed E-state index contributed by atoms with van der Waals surface area (Å²) in [4.78, 5) is 31.9. The van der Waals surface area contributed by atoms with Crippen molar-refractivity contribution in [2.45, 2.75) is 20.3 Å². The quantitative estimate of drug-likeness (QED) is 0.721. The normalized spacial score (nSPS) is 14.6. The van der Waals surface area contributed by atoms with Crippen molar-refractivity contribution in [1.82, 2.24) is 19.9 Å². The molecule has 7 nitrogen and oxygen atoms in total. The van der Waals surface area contributed by atoms with Crippen LogP contribution >= 0.6 is 23.2 Å². The minimum Gasteiger partial charge on any atom is -0.361 e. The van der Waals surface area contributed by atoms with E-state index in [0.29, 0.717) is 37.6 Å². The molecule has 144 valence electrons. The Labute approximate surface area is 165 Å². The summed E-state index contributed by atoms with van der Waals surface area (Å²) in [5.74, 6) is -0.686. The van der Waals surface area contributed by atoms with Gasteiger partial charge in [-0.05, 0) is 19.9 Å². The molecule has 27 heavy (non-hydrogen) atoms. The third kappa shape index (κ3) is 4.06. The average molecular weight is 415 g/mol. The molecule has 3 rings (SSSR count). The van der Waals surface area contributed by atoms with Gasteiger partial charge in [0.2, 0.25) is 5.91 Å². The summed E-state index contributed by atoms with van der Waals surface area (Å²) in [7, 11) is 0. The Morgan fingerprint density at radius 3 is 2.37 bits per heavy atom. The third-order valence-electron chi connectivity index (χ3n) is 4.55. The number of pyridine rings is 1. The molecule has 2 amide bonds. The van der Waals surface area contributed by atoms with Gasteiger partial charge in [0.1, 0.15) is 10.9 Å². The van der Waals surface area contributed by atoms with Crippen molar-refractivity contribution in [2.75, 3.05) is 26.2 Å². The molecule has 0 aromatic carbocycles. The van der Waals surface area contributed by atoms with Gasteiger partial charge in [-0.1, -0.05) is 28.4 Å². The molecule has 0 saturated carbocycles. The molecule has 0 N–H and O–H groups in total. The fourth-order valence-corrected chi connectivity index (χ4v) is 3.34. The molecule has 0 aliphatic carbocycles. The molecule has 3 heterocycles. The highest BCUT2D eigenvalue weighted by Gasteiger charge is 2.28. The lowest BCUT2D eigenvalue weighted by Crippen LogP contribution is -2.51. The summed E-state index contributed by atoms with van der Waals surface area (Å²) in [6.07, 6.45) is 0.202.